The Morgan fingerprint density at radius 3 is 3.00 bits per heavy atom. The van der Waals surface area contributed by atoms with E-state index < -0.39 is 0 Å². The highest BCUT2D eigenvalue weighted by molar-refractivity contribution is 7.99. The van der Waals surface area contributed by atoms with Crippen molar-refractivity contribution in [2.45, 2.75) is 16.9 Å². The van der Waals surface area contributed by atoms with Gasteiger partial charge in [0.25, 0.3) is 5.56 Å². The Bertz CT molecular complexity index is 630. The largest absolute Gasteiger partial charge is 0.316 e. The number of hydrogen-bond donors (Lipinski definition) is 0. The molecule has 2 aromatic heterocycles. The average molecular weight is 254 g/mol. The van der Waals surface area contributed by atoms with E-state index in [9.17, 15) is 4.79 Å². The lowest BCUT2D eigenvalue weighted by molar-refractivity contribution is 0.663. The summed E-state index contributed by atoms with van der Waals surface area (Å²) in [5.41, 5.74) is 1.20. The van der Waals surface area contributed by atoms with Crippen LogP contribution in [0.1, 0.15) is 0 Å². The van der Waals surface area contributed by atoms with Gasteiger partial charge in [0.05, 0.1) is 0 Å². The number of fused-ring (bicyclic) bond motifs is 2. The molecule has 0 saturated carbocycles. The van der Waals surface area contributed by atoms with E-state index >= 15 is 0 Å². The van der Waals surface area contributed by atoms with E-state index in [1.165, 1.54) is 11.8 Å². The molecule has 3 heterocycles. The molecule has 3 rings (SSSR count). The number of thioether (sulfide) groups is 2. The first-order valence-electron chi connectivity index (χ1n) is 4.86. The standard InChI is InChI=1S/C9H10N4OS2/c1-12-5-6(10-8(12)15-2)11-9-13(7(5)14)3-4-16-9/h3-4H2,1-2H3. The summed E-state index contributed by atoms with van der Waals surface area (Å²) in [7, 11) is 1.86. The van der Waals surface area contributed by atoms with Gasteiger partial charge in [0.1, 0.15) is 0 Å². The molecular formula is C9H10N4OS2. The van der Waals surface area contributed by atoms with Crippen molar-refractivity contribution in [2.75, 3.05) is 12.0 Å². The molecule has 0 bridgehead atoms. The van der Waals surface area contributed by atoms with Gasteiger partial charge in [-0.05, 0) is 6.26 Å². The van der Waals surface area contributed by atoms with Crippen LogP contribution in [-0.2, 0) is 13.6 Å². The van der Waals surface area contributed by atoms with Crippen LogP contribution < -0.4 is 5.56 Å². The Hall–Kier alpha value is -0.950. The minimum Gasteiger partial charge on any atom is -0.316 e. The zero-order valence-corrected chi connectivity index (χ0v) is 10.6. The van der Waals surface area contributed by atoms with Crippen LogP contribution in [0.25, 0.3) is 11.2 Å². The highest BCUT2D eigenvalue weighted by atomic mass is 32.2. The Morgan fingerprint density at radius 2 is 2.25 bits per heavy atom. The third-order valence-corrected chi connectivity index (χ3v) is 4.33. The molecule has 0 aliphatic carbocycles. The van der Waals surface area contributed by atoms with Crippen molar-refractivity contribution in [3.05, 3.63) is 10.4 Å². The van der Waals surface area contributed by atoms with Crippen molar-refractivity contribution in [3.63, 3.8) is 0 Å². The first-order valence-corrected chi connectivity index (χ1v) is 7.07. The van der Waals surface area contributed by atoms with E-state index in [0.29, 0.717) is 11.2 Å². The van der Waals surface area contributed by atoms with Gasteiger partial charge in [-0.25, -0.2) is 9.97 Å². The molecule has 0 atom stereocenters. The van der Waals surface area contributed by atoms with Gasteiger partial charge < -0.3 is 4.57 Å². The third-order valence-electron chi connectivity index (χ3n) is 2.64. The van der Waals surface area contributed by atoms with Crippen LogP contribution in [0.4, 0.5) is 0 Å². The van der Waals surface area contributed by atoms with Crippen molar-refractivity contribution in [2.24, 2.45) is 7.05 Å². The molecule has 2 aromatic rings. The summed E-state index contributed by atoms with van der Waals surface area (Å²) in [4.78, 5) is 21.0. The van der Waals surface area contributed by atoms with Crippen molar-refractivity contribution in [1.29, 1.82) is 0 Å². The fraction of sp³-hybridized carbons (Fsp3) is 0.444. The van der Waals surface area contributed by atoms with E-state index in [0.717, 1.165) is 22.6 Å². The van der Waals surface area contributed by atoms with Crippen LogP contribution in [0.15, 0.2) is 15.1 Å². The van der Waals surface area contributed by atoms with E-state index in [1.54, 1.807) is 16.3 Å². The SMILES string of the molecule is CSc1nc2nc3n(c(=O)c2n1C)CCS3. The van der Waals surface area contributed by atoms with Crippen LogP contribution in [0.2, 0.25) is 0 Å². The van der Waals surface area contributed by atoms with Crippen molar-refractivity contribution < 1.29 is 0 Å². The number of aryl methyl sites for hydroxylation is 1. The fourth-order valence-electron chi connectivity index (χ4n) is 1.87. The van der Waals surface area contributed by atoms with E-state index in [-0.39, 0.29) is 5.56 Å². The molecule has 0 aromatic carbocycles. The Morgan fingerprint density at radius 1 is 1.44 bits per heavy atom. The quantitative estimate of drug-likeness (QED) is 0.560. The second-order valence-corrected chi connectivity index (χ2v) is 5.36. The van der Waals surface area contributed by atoms with Crippen molar-refractivity contribution in [3.8, 4) is 0 Å². The van der Waals surface area contributed by atoms with Crippen LogP contribution in [0.3, 0.4) is 0 Å². The second kappa shape index (κ2) is 3.53. The lowest BCUT2D eigenvalue weighted by Gasteiger charge is -2.01. The number of nitrogens with zero attached hydrogens (tertiary/aromatic N) is 4. The molecule has 0 saturated heterocycles. The fourth-order valence-corrected chi connectivity index (χ4v) is 3.35. The van der Waals surface area contributed by atoms with Gasteiger partial charge in [-0.3, -0.25) is 9.36 Å². The lowest BCUT2D eigenvalue weighted by Crippen LogP contribution is -2.21. The molecule has 0 amide bonds. The summed E-state index contributed by atoms with van der Waals surface area (Å²) in [6.07, 6.45) is 1.95. The molecular weight excluding hydrogens is 244 g/mol. The molecule has 0 unspecified atom stereocenters. The summed E-state index contributed by atoms with van der Waals surface area (Å²) in [5, 5.41) is 1.62. The lowest BCUT2D eigenvalue weighted by atomic mass is 10.5. The molecule has 5 nitrogen and oxygen atoms in total. The predicted molar refractivity (Wildman–Crippen MR) is 65.3 cm³/mol. The maximum Gasteiger partial charge on any atom is 0.280 e. The smallest absolute Gasteiger partial charge is 0.280 e. The molecule has 0 N–H and O–H groups in total. The first kappa shape index (κ1) is 10.2. The second-order valence-electron chi connectivity index (χ2n) is 3.53. The van der Waals surface area contributed by atoms with E-state index in [2.05, 4.69) is 9.97 Å². The zero-order chi connectivity index (χ0) is 11.3. The van der Waals surface area contributed by atoms with Gasteiger partial charge in [-0.2, -0.15) is 0 Å². The van der Waals surface area contributed by atoms with Crippen LogP contribution in [-0.4, -0.2) is 31.1 Å². The summed E-state index contributed by atoms with van der Waals surface area (Å²) in [6.45, 7) is 0.752. The van der Waals surface area contributed by atoms with Crippen molar-refractivity contribution in [1.82, 2.24) is 19.1 Å². The minimum atomic E-state index is 0.0281. The predicted octanol–water partition coefficient (Wildman–Crippen LogP) is 0.958. The topological polar surface area (TPSA) is 52.7 Å². The summed E-state index contributed by atoms with van der Waals surface area (Å²) >= 11 is 3.14. The monoisotopic (exact) mass is 254 g/mol. The number of hydrogen-bond acceptors (Lipinski definition) is 5. The van der Waals surface area contributed by atoms with Crippen molar-refractivity contribution >= 4 is 34.7 Å². The van der Waals surface area contributed by atoms with Crippen LogP contribution in [0.5, 0.6) is 0 Å². The molecule has 0 radical (unpaired) electrons. The Kier molecular flexibility index (Phi) is 2.25. The molecule has 0 fully saturated rings. The number of aromatic nitrogens is 4. The third kappa shape index (κ3) is 1.24. The number of rotatable bonds is 1. The zero-order valence-electron chi connectivity index (χ0n) is 8.93. The summed E-state index contributed by atoms with van der Waals surface area (Å²) < 4.78 is 3.56. The maximum absolute atomic E-state index is 12.2. The molecule has 16 heavy (non-hydrogen) atoms. The normalized spacial score (nSPS) is 14.6. The maximum atomic E-state index is 12.2. The molecule has 1 aliphatic rings. The number of imidazole rings is 1. The van der Waals surface area contributed by atoms with Crippen LogP contribution >= 0.6 is 23.5 Å². The van der Waals surface area contributed by atoms with Gasteiger partial charge in [0.15, 0.2) is 21.5 Å². The van der Waals surface area contributed by atoms with Gasteiger partial charge in [-0.15, -0.1) is 0 Å². The first-order chi connectivity index (χ1) is 7.72. The molecule has 7 heteroatoms. The van der Waals surface area contributed by atoms with Crippen LogP contribution in [0, 0.1) is 0 Å². The highest BCUT2D eigenvalue weighted by Gasteiger charge is 2.20. The Labute approximate surface area is 100 Å². The van der Waals surface area contributed by atoms with Gasteiger partial charge >= 0.3 is 0 Å². The summed E-state index contributed by atoms with van der Waals surface area (Å²) in [6, 6.07) is 0. The molecule has 1 aliphatic heterocycles. The van der Waals surface area contributed by atoms with Gasteiger partial charge in [-0.1, -0.05) is 23.5 Å². The van der Waals surface area contributed by atoms with E-state index in [1.807, 2.05) is 17.9 Å². The average Bonchev–Trinajstić information content (AvgIpc) is 2.84. The molecule has 84 valence electrons. The Balaban J connectivity index is 2.44. The van der Waals surface area contributed by atoms with E-state index in [4.69, 9.17) is 0 Å². The van der Waals surface area contributed by atoms with Gasteiger partial charge in [0.2, 0.25) is 0 Å². The highest BCUT2D eigenvalue weighted by Crippen LogP contribution is 2.24. The van der Waals surface area contributed by atoms with Gasteiger partial charge in [0, 0.05) is 19.3 Å². The minimum absolute atomic E-state index is 0.0281. The summed E-state index contributed by atoms with van der Waals surface area (Å²) in [5.74, 6) is 0.925. The molecule has 0 spiro atoms.